The predicted molar refractivity (Wildman–Crippen MR) is 115 cm³/mol. The van der Waals surface area contributed by atoms with Gasteiger partial charge in [-0.25, -0.2) is 4.98 Å². The van der Waals surface area contributed by atoms with Crippen LogP contribution < -0.4 is 0 Å². The monoisotopic (exact) mass is 454 g/mol. The lowest BCUT2D eigenvalue weighted by molar-refractivity contribution is 0.760. The van der Waals surface area contributed by atoms with Crippen LogP contribution in [0.25, 0.3) is 4.91 Å². The number of nitrogens with one attached hydrogen (secondary N) is 1. The summed E-state index contributed by atoms with van der Waals surface area (Å²) in [5.41, 5.74) is 3.17. The van der Waals surface area contributed by atoms with E-state index in [1.54, 1.807) is 0 Å². The first-order valence-corrected chi connectivity index (χ1v) is 10.9. The number of halogens is 1. The molecule has 2 aromatic rings. The van der Waals surface area contributed by atoms with Gasteiger partial charge in [0, 0.05) is 26.6 Å². The van der Waals surface area contributed by atoms with E-state index in [2.05, 4.69) is 33.1 Å². The molecule has 2 heterocycles. The molecule has 0 fully saturated rings. The third-order valence-corrected chi connectivity index (χ3v) is 6.62. The van der Waals surface area contributed by atoms with Gasteiger partial charge in [0.2, 0.25) is 0 Å². The van der Waals surface area contributed by atoms with Crippen molar-refractivity contribution in [1.29, 1.82) is 15.9 Å². The zero-order valence-electron chi connectivity index (χ0n) is 14.7. The van der Waals surface area contributed by atoms with Gasteiger partial charge >= 0.3 is 0 Å². The zero-order valence-corrected chi connectivity index (χ0v) is 17.9. The van der Waals surface area contributed by atoms with Gasteiger partial charge in [-0.15, -0.1) is 11.8 Å². The molecule has 1 aliphatic rings. The smallest absolute Gasteiger partial charge is 0.114 e. The van der Waals surface area contributed by atoms with Crippen LogP contribution in [0.3, 0.4) is 0 Å². The van der Waals surface area contributed by atoms with Gasteiger partial charge < -0.3 is 0 Å². The SMILES string of the molecule is CSc1nc(C)c(C2=CC(c3ccc(Br)cc3)C(C#N)C(=N)S2)cc1C#N. The third kappa shape index (κ3) is 3.96. The molecule has 3 rings (SSSR count). The van der Waals surface area contributed by atoms with E-state index < -0.39 is 5.92 Å². The summed E-state index contributed by atoms with van der Waals surface area (Å²) in [5, 5.41) is 28.5. The van der Waals surface area contributed by atoms with E-state index in [9.17, 15) is 10.5 Å². The molecule has 1 N–H and O–H groups in total. The lowest BCUT2D eigenvalue weighted by atomic mass is 9.86. The summed E-state index contributed by atoms with van der Waals surface area (Å²) in [6.07, 6.45) is 3.93. The topological polar surface area (TPSA) is 84.3 Å². The molecule has 0 spiro atoms. The molecule has 4 nitrogen and oxygen atoms in total. The molecule has 1 aliphatic heterocycles. The number of rotatable bonds is 3. The summed E-state index contributed by atoms with van der Waals surface area (Å²) in [4.78, 5) is 5.42. The lowest BCUT2D eigenvalue weighted by Gasteiger charge is -2.27. The number of aromatic nitrogens is 1. The van der Waals surface area contributed by atoms with Crippen molar-refractivity contribution in [2.45, 2.75) is 17.9 Å². The van der Waals surface area contributed by atoms with Crippen molar-refractivity contribution in [3.8, 4) is 12.1 Å². The Morgan fingerprint density at radius 3 is 2.56 bits per heavy atom. The normalized spacial score (nSPS) is 19.1. The Morgan fingerprint density at radius 1 is 1.26 bits per heavy atom. The molecule has 1 aromatic carbocycles. The largest absolute Gasteiger partial charge is 0.297 e. The van der Waals surface area contributed by atoms with Gasteiger partial charge in [0.15, 0.2) is 0 Å². The van der Waals surface area contributed by atoms with Crippen LogP contribution in [0.5, 0.6) is 0 Å². The number of thioether (sulfide) groups is 2. The highest BCUT2D eigenvalue weighted by Gasteiger charge is 2.32. The molecule has 134 valence electrons. The Labute approximate surface area is 175 Å². The minimum atomic E-state index is -0.519. The van der Waals surface area contributed by atoms with Crippen molar-refractivity contribution < 1.29 is 0 Å². The number of allylic oxidation sites excluding steroid dienone is 1. The summed E-state index contributed by atoms with van der Waals surface area (Å²) >= 11 is 6.15. The summed E-state index contributed by atoms with van der Waals surface area (Å²) in [6.45, 7) is 1.91. The van der Waals surface area contributed by atoms with Gasteiger partial charge in [0.25, 0.3) is 0 Å². The summed E-state index contributed by atoms with van der Waals surface area (Å²) in [7, 11) is 0. The van der Waals surface area contributed by atoms with E-state index in [4.69, 9.17) is 5.41 Å². The van der Waals surface area contributed by atoms with Crippen molar-refractivity contribution in [2.24, 2.45) is 5.92 Å². The minimum Gasteiger partial charge on any atom is -0.297 e. The zero-order chi connectivity index (χ0) is 19.6. The molecule has 2 unspecified atom stereocenters. The highest BCUT2D eigenvalue weighted by atomic mass is 79.9. The van der Waals surface area contributed by atoms with E-state index in [0.717, 1.165) is 26.2 Å². The Bertz CT molecular complexity index is 1020. The number of nitriles is 2. The Hall–Kier alpha value is -2.06. The van der Waals surface area contributed by atoms with Crippen LogP contribution in [0.2, 0.25) is 0 Å². The Morgan fingerprint density at radius 2 is 1.96 bits per heavy atom. The van der Waals surface area contributed by atoms with E-state index in [1.807, 2.05) is 49.6 Å². The molecule has 0 amide bonds. The van der Waals surface area contributed by atoms with Gasteiger partial charge in [-0.1, -0.05) is 45.9 Å². The third-order valence-electron chi connectivity index (χ3n) is 4.34. The molecular formula is C20H15BrN4S2. The van der Waals surface area contributed by atoms with E-state index >= 15 is 0 Å². The fourth-order valence-corrected chi connectivity index (χ4v) is 4.88. The summed E-state index contributed by atoms with van der Waals surface area (Å²) in [6, 6.07) is 14.1. The van der Waals surface area contributed by atoms with E-state index in [-0.39, 0.29) is 5.92 Å². The van der Waals surface area contributed by atoms with Crippen molar-refractivity contribution in [2.75, 3.05) is 6.26 Å². The van der Waals surface area contributed by atoms with Crippen LogP contribution in [0.4, 0.5) is 0 Å². The second-order valence-corrected chi connectivity index (χ2v) is 8.77. The fourth-order valence-electron chi connectivity index (χ4n) is 2.96. The maximum atomic E-state index is 9.61. The second-order valence-electron chi connectivity index (χ2n) is 5.97. The summed E-state index contributed by atoms with van der Waals surface area (Å²) in [5.74, 6) is -0.730. The second kappa shape index (κ2) is 8.31. The fraction of sp³-hybridized carbons (Fsp3) is 0.200. The molecular weight excluding hydrogens is 440 g/mol. The highest BCUT2D eigenvalue weighted by molar-refractivity contribution is 9.10. The number of hydrogen-bond acceptors (Lipinski definition) is 6. The van der Waals surface area contributed by atoms with Crippen molar-refractivity contribution in [1.82, 2.24) is 4.98 Å². The molecule has 7 heteroatoms. The molecule has 27 heavy (non-hydrogen) atoms. The molecule has 0 saturated heterocycles. The number of hydrogen-bond donors (Lipinski definition) is 1. The molecule has 2 atom stereocenters. The average molecular weight is 455 g/mol. The van der Waals surface area contributed by atoms with Crippen LogP contribution in [-0.4, -0.2) is 16.3 Å². The summed E-state index contributed by atoms with van der Waals surface area (Å²) < 4.78 is 0.968. The lowest BCUT2D eigenvalue weighted by Crippen LogP contribution is -2.21. The van der Waals surface area contributed by atoms with Crippen LogP contribution in [0, 0.1) is 40.9 Å². The number of nitrogens with zero attached hydrogens (tertiary/aromatic N) is 3. The molecule has 0 aliphatic carbocycles. The van der Waals surface area contributed by atoms with Gasteiger partial charge in [-0.05, 0) is 36.9 Å². The minimum absolute atomic E-state index is 0.211. The van der Waals surface area contributed by atoms with Crippen molar-refractivity contribution >= 4 is 49.4 Å². The first-order valence-electron chi connectivity index (χ1n) is 8.07. The Balaban J connectivity index is 2.13. The predicted octanol–water partition coefficient (Wildman–Crippen LogP) is 5.73. The van der Waals surface area contributed by atoms with Gasteiger partial charge in [-0.3, -0.25) is 5.41 Å². The first-order chi connectivity index (χ1) is 13.0. The van der Waals surface area contributed by atoms with E-state index in [1.165, 1.54) is 23.5 Å². The Kier molecular flexibility index (Phi) is 6.06. The van der Waals surface area contributed by atoms with Crippen LogP contribution in [0.1, 0.15) is 28.3 Å². The molecule has 0 radical (unpaired) electrons. The standard InChI is InChI=1S/C20H15BrN4S2/c1-11-15(7-13(9-22)20(25-11)26-2)18-8-16(17(10-23)19(24)27-18)12-3-5-14(21)6-4-12/h3-8,16-17,24H,1-2H3. The molecule has 0 bridgehead atoms. The van der Waals surface area contributed by atoms with Crippen molar-refractivity contribution in [3.63, 3.8) is 0 Å². The first kappa shape index (κ1) is 19.7. The molecule has 1 aromatic heterocycles. The van der Waals surface area contributed by atoms with Crippen LogP contribution in [0.15, 0.2) is 45.9 Å². The van der Waals surface area contributed by atoms with Gasteiger partial charge in [0.05, 0.1) is 16.7 Å². The maximum absolute atomic E-state index is 9.61. The maximum Gasteiger partial charge on any atom is 0.114 e. The number of aryl methyl sites for hydroxylation is 1. The highest BCUT2D eigenvalue weighted by Crippen LogP contribution is 2.44. The van der Waals surface area contributed by atoms with Gasteiger partial charge in [0.1, 0.15) is 17.0 Å². The quantitative estimate of drug-likeness (QED) is 0.597. The van der Waals surface area contributed by atoms with Crippen LogP contribution >= 0.6 is 39.5 Å². The van der Waals surface area contributed by atoms with Crippen molar-refractivity contribution in [3.05, 3.63) is 63.3 Å². The molecule has 0 saturated carbocycles. The van der Waals surface area contributed by atoms with Crippen LogP contribution in [-0.2, 0) is 0 Å². The van der Waals surface area contributed by atoms with E-state index in [0.29, 0.717) is 15.6 Å². The number of pyridine rings is 1. The number of benzene rings is 1. The van der Waals surface area contributed by atoms with Gasteiger partial charge in [-0.2, -0.15) is 10.5 Å². The average Bonchev–Trinajstić information content (AvgIpc) is 2.67.